The maximum atomic E-state index is 9.90. The van der Waals surface area contributed by atoms with Gasteiger partial charge in [-0.05, 0) is 36.4 Å². The van der Waals surface area contributed by atoms with E-state index in [1.165, 1.54) is 36.4 Å². The maximum Gasteiger partial charge on any atom is 0.226 e. The molecule has 4 unspecified atom stereocenters. The van der Waals surface area contributed by atoms with E-state index in [0.717, 1.165) is 0 Å². The molecular weight excluding hydrogens is 384 g/mol. The molecule has 29 heavy (non-hydrogen) atoms. The summed E-state index contributed by atoms with van der Waals surface area (Å²) in [6.07, 6.45) is -6.20. The molecule has 12 N–H and O–H groups in total. The standard InChI is InChI=1S/C18H26N4O7/c19-9-1-3-15(11(21)5-9)28-17(25)13(23)7-27-8-14(24)18(26)29-16-4-2-10(20)6-12(16)22/h1-6,13-14,17-18,23-26H,7-8,19-22H2. The first kappa shape index (κ1) is 22.3. The van der Waals surface area contributed by atoms with E-state index >= 15 is 0 Å². The van der Waals surface area contributed by atoms with Crippen LogP contribution in [0.25, 0.3) is 0 Å². The molecule has 11 nitrogen and oxygen atoms in total. The highest BCUT2D eigenvalue weighted by Gasteiger charge is 2.23. The summed E-state index contributed by atoms with van der Waals surface area (Å²) < 4.78 is 15.4. The molecule has 0 fully saturated rings. The molecule has 4 atom stereocenters. The minimum Gasteiger partial charge on any atom is -0.460 e. The van der Waals surface area contributed by atoms with Gasteiger partial charge in [0, 0.05) is 11.4 Å². The van der Waals surface area contributed by atoms with Crippen molar-refractivity contribution in [3.8, 4) is 11.5 Å². The van der Waals surface area contributed by atoms with E-state index in [9.17, 15) is 20.4 Å². The van der Waals surface area contributed by atoms with Crippen LogP contribution in [0.2, 0.25) is 0 Å². The summed E-state index contributed by atoms with van der Waals surface area (Å²) in [5.74, 6) is 0.270. The quantitative estimate of drug-likeness (QED) is 0.173. The molecule has 0 aromatic heterocycles. The average molecular weight is 410 g/mol. The topological polar surface area (TPSA) is 213 Å². The molecule has 160 valence electrons. The monoisotopic (exact) mass is 410 g/mol. The van der Waals surface area contributed by atoms with Gasteiger partial charge in [-0.25, -0.2) is 0 Å². The molecule has 0 saturated heterocycles. The van der Waals surface area contributed by atoms with Crippen molar-refractivity contribution < 1.29 is 34.6 Å². The molecule has 2 aromatic rings. The first-order chi connectivity index (χ1) is 13.7. The third kappa shape index (κ3) is 6.55. The number of aliphatic hydroxyl groups excluding tert-OH is 4. The smallest absolute Gasteiger partial charge is 0.226 e. The summed E-state index contributed by atoms with van der Waals surface area (Å²) in [5.41, 5.74) is 23.8. The van der Waals surface area contributed by atoms with Crippen LogP contribution in [-0.4, -0.2) is 58.4 Å². The van der Waals surface area contributed by atoms with Crippen molar-refractivity contribution in [3.05, 3.63) is 36.4 Å². The lowest BCUT2D eigenvalue weighted by molar-refractivity contribution is -0.153. The van der Waals surface area contributed by atoms with Crippen molar-refractivity contribution in [2.75, 3.05) is 36.1 Å². The minimum atomic E-state index is -1.64. The van der Waals surface area contributed by atoms with Gasteiger partial charge in [-0.1, -0.05) is 0 Å². The van der Waals surface area contributed by atoms with Gasteiger partial charge in [0.15, 0.2) is 0 Å². The lowest BCUT2D eigenvalue weighted by Gasteiger charge is -2.22. The van der Waals surface area contributed by atoms with Gasteiger partial charge in [-0.3, -0.25) is 0 Å². The zero-order valence-corrected chi connectivity index (χ0v) is 15.5. The van der Waals surface area contributed by atoms with Crippen molar-refractivity contribution in [2.45, 2.75) is 24.8 Å². The predicted molar refractivity (Wildman–Crippen MR) is 107 cm³/mol. The molecule has 0 bridgehead atoms. The highest BCUT2D eigenvalue weighted by Crippen LogP contribution is 2.25. The zero-order chi connectivity index (χ0) is 21.6. The average Bonchev–Trinajstić information content (AvgIpc) is 2.65. The first-order valence-corrected chi connectivity index (χ1v) is 8.60. The van der Waals surface area contributed by atoms with Gasteiger partial charge in [-0.15, -0.1) is 0 Å². The van der Waals surface area contributed by atoms with Crippen molar-refractivity contribution in [1.29, 1.82) is 0 Å². The van der Waals surface area contributed by atoms with Crippen LogP contribution in [0.15, 0.2) is 36.4 Å². The van der Waals surface area contributed by atoms with Crippen LogP contribution >= 0.6 is 0 Å². The molecule has 0 aliphatic rings. The van der Waals surface area contributed by atoms with Crippen LogP contribution in [0.5, 0.6) is 11.5 Å². The third-order valence-corrected chi connectivity index (χ3v) is 3.80. The van der Waals surface area contributed by atoms with E-state index in [2.05, 4.69) is 0 Å². The molecule has 0 amide bonds. The van der Waals surface area contributed by atoms with E-state index in [1.54, 1.807) is 0 Å². The van der Waals surface area contributed by atoms with Crippen LogP contribution in [0.1, 0.15) is 0 Å². The first-order valence-electron chi connectivity index (χ1n) is 8.60. The Morgan fingerprint density at radius 3 is 1.38 bits per heavy atom. The summed E-state index contributed by atoms with van der Waals surface area (Å²) in [4.78, 5) is 0. The van der Waals surface area contributed by atoms with Gasteiger partial charge in [-0.2, -0.15) is 0 Å². The molecule has 0 saturated carbocycles. The van der Waals surface area contributed by atoms with Gasteiger partial charge in [0.2, 0.25) is 12.6 Å². The van der Waals surface area contributed by atoms with Crippen molar-refractivity contribution in [3.63, 3.8) is 0 Å². The second kappa shape index (κ2) is 10.0. The van der Waals surface area contributed by atoms with Crippen molar-refractivity contribution >= 4 is 22.7 Å². The van der Waals surface area contributed by atoms with Gasteiger partial charge >= 0.3 is 0 Å². The number of nitrogens with two attached hydrogens (primary N) is 4. The minimum absolute atomic E-state index is 0.135. The highest BCUT2D eigenvalue weighted by atomic mass is 16.6. The SMILES string of the molecule is Nc1ccc(OC(O)C(O)COCC(O)C(O)Oc2ccc(N)cc2N)c(N)c1. The molecular formula is C18H26N4O7. The van der Waals surface area contributed by atoms with E-state index in [1.807, 2.05) is 0 Å². The largest absolute Gasteiger partial charge is 0.460 e. The Morgan fingerprint density at radius 2 is 1.03 bits per heavy atom. The van der Waals surface area contributed by atoms with E-state index in [4.69, 9.17) is 37.1 Å². The summed E-state index contributed by atoms with van der Waals surface area (Å²) >= 11 is 0. The van der Waals surface area contributed by atoms with Gasteiger partial charge in [0.1, 0.15) is 23.7 Å². The number of ether oxygens (including phenoxy) is 3. The Hall–Kier alpha value is -2.96. The third-order valence-electron chi connectivity index (χ3n) is 3.80. The van der Waals surface area contributed by atoms with Gasteiger partial charge in [0.25, 0.3) is 0 Å². The molecule has 0 heterocycles. The van der Waals surface area contributed by atoms with E-state index in [0.29, 0.717) is 11.4 Å². The fourth-order valence-electron chi connectivity index (χ4n) is 2.24. The lowest BCUT2D eigenvalue weighted by atomic mass is 10.2. The Balaban J connectivity index is 1.77. The Bertz CT molecular complexity index is 742. The van der Waals surface area contributed by atoms with E-state index < -0.39 is 38.0 Å². The van der Waals surface area contributed by atoms with E-state index in [-0.39, 0.29) is 22.9 Å². The molecule has 0 radical (unpaired) electrons. The number of aliphatic hydroxyl groups is 4. The highest BCUT2D eigenvalue weighted by molar-refractivity contribution is 5.61. The second-order valence-corrected chi connectivity index (χ2v) is 6.28. The van der Waals surface area contributed by atoms with Crippen LogP contribution < -0.4 is 32.4 Å². The number of rotatable bonds is 10. The normalized spacial score (nSPS) is 15.3. The molecule has 11 heteroatoms. The number of hydrogen-bond donors (Lipinski definition) is 8. The second-order valence-electron chi connectivity index (χ2n) is 6.28. The summed E-state index contributed by atoms with van der Waals surface area (Å²) in [6, 6.07) is 8.82. The van der Waals surface area contributed by atoms with Gasteiger partial charge in [0.05, 0.1) is 24.6 Å². The molecule has 2 rings (SSSR count). The summed E-state index contributed by atoms with van der Waals surface area (Å²) in [5, 5.41) is 39.6. The Morgan fingerprint density at radius 1 is 0.655 bits per heavy atom. The number of hydrogen-bond acceptors (Lipinski definition) is 11. The van der Waals surface area contributed by atoms with Gasteiger partial charge < -0.3 is 57.6 Å². The number of anilines is 4. The summed E-state index contributed by atoms with van der Waals surface area (Å²) in [6.45, 7) is -0.798. The predicted octanol–water partition coefficient (Wildman–Crippen LogP) is -1.15. The van der Waals surface area contributed by atoms with Crippen molar-refractivity contribution in [2.24, 2.45) is 0 Å². The fourth-order valence-corrected chi connectivity index (χ4v) is 2.24. The van der Waals surface area contributed by atoms with Crippen LogP contribution in [-0.2, 0) is 4.74 Å². The molecule has 2 aromatic carbocycles. The number of benzene rings is 2. The Kier molecular flexibility index (Phi) is 7.70. The van der Waals surface area contributed by atoms with Crippen LogP contribution in [0.3, 0.4) is 0 Å². The van der Waals surface area contributed by atoms with Crippen molar-refractivity contribution in [1.82, 2.24) is 0 Å². The lowest BCUT2D eigenvalue weighted by Crippen LogP contribution is -2.39. The van der Waals surface area contributed by atoms with Crippen LogP contribution in [0.4, 0.5) is 22.7 Å². The summed E-state index contributed by atoms with van der Waals surface area (Å²) in [7, 11) is 0. The maximum absolute atomic E-state index is 9.90. The Labute approximate surface area is 167 Å². The fraction of sp³-hybridized carbons (Fsp3) is 0.333. The molecule has 0 aliphatic carbocycles. The number of nitrogen functional groups attached to an aromatic ring is 4. The van der Waals surface area contributed by atoms with Crippen LogP contribution in [0, 0.1) is 0 Å². The molecule has 0 aliphatic heterocycles. The zero-order valence-electron chi connectivity index (χ0n) is 15.5. The molecule has 0 spiro atoms.